The van der Waals surface area contributed by atoms with Crippen molar-refractivity contribution in [2.24, 2.45) is 0 Å². The molecule has 13 heteroatoms. The summed E-state index contributed by atoms with van der Waals surface area (Å²) >= 11 is 0. The van der Waals surface area contributed by atoms with Crippen LogP contribution in [0.3, 0.4) is 0 Å². The molecule has 212 valence electrons. The highest BCUT2D eigenvalue weighted by Crippen LogP contribution is 2.23. The van der Waals surface area contributed by atoms with E-state index in [1.165, 1.54) is 35.4 Å². The van der Waals surface area contributed by atoms with Gasteiger partial charge in [-0.05, 0) is 52.3 Å². The number of nitrogens with zero attached hydrogens (tertiary/aromatic N) is 3. The first-order chi connectivity index (χ1) is 18.7. The topological polar surface area (TPSA) is 174 Å². The fourth-order valence-corrected chi connectivity index (χ4v) is 4.52. The van der Waals surface area contributed by atoms with Crippen LogP contribution in [0.15, 0.2) is 65.7 Å². The summed E-state index contributed by atoms with van der Waals surface area (Å²) in [6, 6.07) is 15.2. The molecule has 0 aliphatic rings. The third-order valence-electron chi connectivity index (χ3n) is 5.79. The average molecular weight is 569 g/mol. The number of benzene rings is 2. The Kier molecular flexibility index (Phi) is 9.10. The minimum Gasteiger partial charge on any atom is -0.382 e. The number of hydrogen-bond donors (Lipinski definition) is 3. The van der Waals surface area contributed by atoms with Crippen molar-refractivity contribution in [3.63, 3.8) is 0 Å². The molecule has 2 aromatic carbocycles. The highest BCUT2D eigenvalue weighted by atomic mass is 32.2. The normalized spacial score (nSPS) is 11.6. The smallest absolute Gasteiger partial charge is 0.382 e. The number of anilines is 1. The Morgan fingerprint density at radius 1 is 1.00 bits per heavy atom. The zero-order valence-electron chi connectivity index (χ0n) is 22.8. The Hall–Kier alpha value is -4.52. The molecule has 0 unspecified atom stereocenters. The van der Waals surface area contributed by atoms with Gasteiger partial charge in [0.15, 0.2) is 21.3 Å². The predicted molar refractivity (Wildman–Crippen MR) is 148 cm³/mol. The van der Waals surface area contributed by atoms with E-state index in [-0.39, 0.29) is 28.6 Å². The molecule has 3 amide bonds. The second-order valence-corrected chi connectivity index (χ2v) is 12.6. The van der Waals surface area contributed by atoms with Crippen molar-refractivity contribution >= 4 is 33.7 Å². The van der Waals surface area contributed by atoms with Crippen LogP contribution < -0.4 is 16.6 Å². The number of sulfone groups is 1. The SMILES string of the molecule is CC(C)S(=O)(=O)c1ccc(-c2cnc(N)c(C(=O)NNC(=O)OC(=O)N(Cc3ccccc3)C(C)(C)C)n2)cc1. The zero-order chi connectivity index (χ0) is 29.7. The summed E-state index contributed by atoms with van der Waals surface area (Å²) < 4.78 is 29.6. The maximum Gasteiger partial charge on any atom is 0.435 e. The Morgan fingerprint density at radius 3 is 2.20 bits per heavy atom. The van der Waals surface area contributed by atoms with Crippen LogP contribution in [0.1, 0.15) is 50.7 Å². The largest absolute Gasteiger partial charge is 0.435 e. The zero-order valence-corrected chi connectivity index (χ0v) is 23.7. The van der Waals surface area contributed by atoms with Crippen LogP contribution in [0.5, 0.6) is 0 Å². The highest BCUT2D eigenvalue weighted by molar-refractivity contribution is 7.92. The average Bonchev–Trinajstić information content (AvgIpc) is 2.90. The molecule has 12 nitrogen and oxygen atoms in total. The lowest BCUT2D eigenvalue weighted by molar-refractivity contribution is 0.0761. The number of nitrogens with two attached hydrogens (primary N) is 1. The molecule has 0 bridgehead atoms. The van der Waals surface area contributed by atoms with Gasteiger partial charge in [-0.2, -0.15) is 0 Å². The number of carbonyl (C=O) groups is 3. The number of hydrogen-bond acceptors (Lipinski definition) is 9. The lowest BCUT2D eigenvalue weighted by Crippen LogP contribution is -2.49. The lowest BCUT2D eigenvalue weighted by atomic mass is 10.1. The van der Waals surface area contributed by atoms with Crippen molar-refractivity contribution in [1.29, 1.82) is 0 Å². The highest BCUT2D eigenvalue weighted by Gasteiger charge is 2.30. The molecule has 1 heterocycles. The number of aromatic nitrogens is 2. The maximum absolute atomic E-state index is 12.7. The molecule has 0 saturated heterocycles. The van der Waals surface area contributed by atoms with Gasteiger partial charge >= 0.3 is 12.2 Å². The van der Waals surface area contributed by atoms with Gasteiger partial charge in [0.2, 0.25) is 0 Å². The van der Waals surface area contributed by atoms with E-state index in [0.717, 1.165) is 5.56 Å². The van der Waals surface area contributed by atoms with Crippen LogP contribution >= 0.6 is 0 Å². The monoisotopic (exact) mass is 568 g/mol. The number of rotatable bonds is 6. The second-order valence-electron chi connectivity index (χ2n) is 10.1. The van der Waals surface area contributed by atoms with Gasteiger partial charge in [-0.15, -0.1) is 0 Å². The Bertz CT molecular complexity index is 1490. The third-order valence-corrected chi connectivity index (χ3v) is 7.96. The quantitative estimate of drug-likeness (QED) is 0.296. The van der Waals surface area contributed by atoms with Gasteiger partial charge in [-0.25, -0.2) is 33.4 Å². The van der Waals surface area contributed by atoms with Gasteiger partial charge < -0.3 is 10.5 Å². The number of hydrazine groups is 1. The van der Waals surface area contributed by atoms with Gasteiger partial charge in [0.05, 0.1) is 22.0 Å². The number of ether oxygens (including phenoxy) is 1. The molecule has 4 N–H and O–H groups in total. The Balaban J connectivity index is 1.67. The van der Waals surface area contributed by atoms with Crippen molar-refractivity contribution in [1.82, 2.24) is 25.7 Å². The summed E-state index contributed by atoms with van der Waals surface area (Å²) in [6.45, 7) is 8.76. The lowest BCUT2D eigenvalue weighted by Gasteiger charge is -2.34. The van der Waals surface area contributed by atoms with Crippen molar-refractivity contribution in [2.45, 2.75) is 56.8 Å². The molecule has 40 heavy (non-hydrogen) atoms. The van der Waals surface area contributed by atoms with Gasteiger partial charge in [0, 0.05) is 17.6 Å². The van der Waals surface area contributed by atoms with E-state index in [9.17, 15) is 22.8 Å². The van der Waals surface area contributed by atoms with Gasteiger partial charge in [0.1, 0.15) is 0 Å². The number of nitrogens with one attached hydrogen (secondary N) is 2. The summed E-state index contributed by atoms with van der Waals surface area (Å²) in [5.41, 5.74) is 10.5. The summed E-state index contributed by atoms with van der Waals surface area (Å²) in [5.74, 6) is -1.12. The number of amides is 3. The molecule has 3 aromatic rings. The van der Waals surface area contributed by atoms with Crippen molar-refractivity contribution in [3.8, 4) is 11.3 Å². The van der Waals surface area contributed by atoms with Crippen LogP contribution in [-0.2, 0) is 21.1 Å². The van der Waals surface area contributed by atoms with E-state index >= 15 is 0 Å². The summed E-state index contributed by atoms with van der Waals surface area (Å²) in [5, 5.41) is -0.583. The molecule has 0 atom stereocenters. The van der Waals surface area contributed by atoms with Crippen molar-refractivity contribution in [3.05, 3.63) is 72.1 Å². The van der Waals surface area contributed by atoms with Gasteiger partial charge in [0.25, 0.3) is 5.91 Å². The van der Waals surface area contributed by atoms with Crippen molar-refractivity contribution in [2.75, 3.05) is 5.73 Å². The van der Waals surface area contributed by atoms with Gasteiger partial charge in [-0.1, -0.05) is 42.5 Å². The van der Waals surface area contributed by atoms with E-state index in [4.69, 9.17) is 10.5 Å². The standard InChI is InChI=1S/C27H32N6O6S/c1-17(2)40(37,38)20-13-11-19(12-14-20)21-15-29-23(28)22(30-21)24(34)31-32-25(35)39-26(36)33(27(3,4)5)16-18-9-7-6-8-10-18/h6-15,17H,16H2,1-5H3,(H2,28,29)(H,31,34)(H,32,35). The molecule has 0 spiro atoms. The summed E-state index contributed by atoms with van der Waals surface area (Å²) in [4.78, 5) is 47.4. The number of nitrogen functional groups attached to an aromatic ring is 1. The number of carbonyl (C=O) groups excluding carboxylic acids is 3. The summed E-state index contributed by atoms with van der Waals surface area (Å²) in [7, 11) is -3.46. The molecule has 3 rings (SSSR count). The van der Waals surface area contributed by atoms with Crippen LogP contribution in [0.4, 0.5) is 15.4 Å². The van der Waals surface area contributed by atoms with Gasteiger partial charge in [-0.3, -0.25) is 15.1 Å². The maximum atomic E-state index is 12.7. The Labute approximate surface area is 232 Å². The molecular formula is C27H32N6O6S. The molecular weight excluding hydrogens is 536 g/mol. The van der Waals surface area contributed by atoms with Crippen LogP contribution in [0, 0.1) is 0 Å². The predicted octanol–water partition coefficient (Wildman–Crippen LogP) is 3.70. The van der Waals surface area contributed by atoms with Crippen LogP contribution in [0.25, 0.3) is 11.3 Å². The second kappa shape index (κ2) is 12.1. The van der Waals surface area contributed by atoms with Crippen LogP contribution in [0.2, 0.25) is 0 Å². The molecule has 1 aromatic heterocycles. The Morgan fingerprint density at radius 2 is 1.62 bits per heavy atom. The van der Waals surface area contributed by atoms with E-state index in [1.54, 1.807) is 34.6 Å². The minimum atomic E-state index is -3.46. The van der Waals surface area contributed by atoms with E-state index in [2.05, 4.69) is 15.4 Å². The fourth-order valence-electron chi connectivity index (χ4n) is 3.46. The van der Waals surface area contributed by atoms with E-state index < -0.39 is 38.7 Å². The van der Waals surface area contributed by atoms with Crippen molar-refractivity contribution < 1.29 is 27.5 Å². The molecule has 0 saturated carbocycles. The molecule has 0 aliphatic heterocycles. The minimum absolute atomic E-state index is 0.152. The first kappa shape index (κ1) is 30.0. The summed E-state index contributed by atoms with van der Waals surface area (Å²) in [6.07, 6.45) is -0.802. The van der Waals surface area contributed by atoms with E-state index in [1.807, 2.05) is 35.8 Å². The first-order valence-corrected chi connectivity index (χ1v) is 13.9. The molecule has 0 fully saturated rings. The third kappa shape index (κ3) is 7.32. The first-order valence-electron chi connectivity index (χ1n) is 12.3. The van der Waals surface area contributed by atoms with E-state index in [0.29, 0.717) is 5.56 Å². The van der Waals surface area contributed by atoms with Crippen LogP contribution in [-0.4, -0.2) is 52.2 Å². The molecule has 0 aliphatic carbocycles. The fraction of sp³-hybridized carbons (Fsp3) is 0.296. The molecule has 0 radical (unpaired) electrons.